The number of benzene rings is 1. The first-order valence-corrected chi connectivity index (χ1v) is 8.58. The van der Waals surface area contributed by atoms with Crippen LogP contribution in [-0.4, -0.2) is 6.54 Å². The van der Waals surface area contributed by atoms with Crippen LogP contribution in [0.1, 0.15) is 30.5 Å². The molecule has 1 aromatic carbocycles. The summed E-state index contributed by atoms with van der Waals surface area (Å²) in [6.07, 6.45) is 1.63. The first-order chi connectivity index (χ1) is 10.0. The fourth-order valence-corrected chi connectivity index (χ4v) is 3.80. The molecule has 1 nitrogen and oxygen atoms in total. The van der Waals surface area contributed by atoms with E-state index in [-0.39, 0.29) is 11.1 Å². The number of rotatable bonds is 6. The van der Waals surface area contributed by atoms with E-state index in [4.69, 9.17) is 34.8 Å². The molecule has 114 valence electrons. The lowest BCUT2D eigenvalue weighted by Gasteiger charge is -2.18. The van der Waals surface area contributed by atoms with E-state index in [9.17, 15) is 4.39 Å². The van der Waals surface area contributed by atoms with Gasteiger partial charge in [-0.05, 0) is 43.1 Å². The van der Waals surface area contributed by atoms with E-state index in [0.29, 0.717) is 15.1 Å². The molecule has 0 radical (unpaired) electrons. The lowest BCUT2D eigenvalue weighted by Crippen LogP contribution is -2.24. The molecule has 1 aromatic heterocycles. The third-order valence-corrected chi connectivity index (χ3v) is 4.95. The molecule has 1 N–H and O–H groups in total. The minimum atomic E-state index is -0.405. The molecule has 1 heterocycles. The van der Waals surface area contributed by atoms with E-state index in [1.807, 2.05) is 12.1 Å². The zero-order valence-corrected chi connectivity index (χ0v) is 14.5. The third kappa shape index (κ3) is 4.57. The molecular formula is C15H15Cl3FNS. The van der Waals surface area contributed by atoms with Crippen LogP contribution in [0.4, 0.5) is 4.39 Å². The Kier molecular flexibility index (Phi) is 6.33. The molecule has 21 heavy (non-hydrogen) atoms. The van der Waals surface area contributed by atoms with Gasteiger partial charge in [0.05, 0.1) is 13.7 Å². The average molecular weight is 367 g/mol. The Morgan fingerprint density at radius 1 is 1.24 bits per heavy atom. The second-order valence-corrected chi connectivity index (χ2v) is 7.43. The van der Waals surface area contributed by atoms with Crippen LogP contribution in [0.5, 0.6) is 0 Å². The Bertz CT molecular complexity index is 615. The Morgan fingerprint density at radius 2 is 2.00 bits per heavy atom. The number of thiophene rings is 1. The molecule has 0 aliphatic carbocycles. The summed E-state index contributed by atoms with van der Waals surface area (Å²) in [4.78, 5) is 0. The summed E-state index contributed by atoms with van der Waals surface area (Å²) in [7, 11) is 0. The van der Waals surface area contributed by atoms with Crippen molar-refractivity contribution in [2.45, 2.75) is 25.8 Å². The predicted molar refractivity (Wildman–Crippen MR) is 90.5 cm³/mol. The van der Waals surface area contributed by atoms with Crippen LogP contribution in [0.15, 0.2) is 24.3 Å². The van der Waals surface area contributed by atoms with Crippen LogP contribution in [0.3, 0.4) is 0 Å². The van der Waals surface area contributed by atoms with Crippen molar-refractivity contribution < 1.29 is 4.39 Å². The van der Waals surface area contributed by atoms with Gasteiger partial charge in [-0.3, -0.25) is 0 Å². The van der Waals surface area contributed by atoms with E-state index >= 15 is 0 Å². The quantitative estimate of drug-likeness (QED) is 0.648. The first kappa shape index (κ1) is 17.0. The van der Waals surface area contributed by atoms with Crippen LogP contribution in [-0.2, 0) is 6.42 Å². The maximum absolute atomic E-state index is 13.6. The summed E-state index contributed by atoms with van der Waals surface area (Å²) in [6.45, 7) is 2.94. The molecule has 0 amide bonds. The Hall–Kier alpha value is -0.320. The fourth-order valence-electron chi connectivity index (χ4n) is 2.10. The van der Waals surface area contributed by atoms with E-state index in [1.54, 1.807) is 6.07 Å². The summed E-state index contributed by atoms with van der Waals surface area (Å²) >= 11 is 19.3. The topological polar surface area (TPSA) is 12.0 Å². The smallest absolute Gasteiger partial charge is 0.142 e. The second-order valence-electron chi connectivity index (χ2n) is 4.74. The van der Waals surface area contributed by atoms with Crippen molar-refractivity contribution in [1.82, 2.24) is 5.32 Å². The van der Waals surface area contributed by atoms with Crippen molar-refractivity contribution in [3.63, 3.8) is 0 Å². The maximum Gasteiger partial charge on any atom is 0.142 e. The van der Waals surface area contributed by atoms with Crippen molar-refractivity contribution in [1.29, 1.82) is 0 Å². The standard InChI is InChI=1S/C15H15Cl3FNS/c1-2-5-20-13(10-8-14(17)21-15(10)18)7-9-3-4-11(16)12(19)6-9/h3-4,6,8,13,20H,2,5,7H2,1H3. The summed E-state index contributed by atoms with van der Waals surface area (Å²) in [6, 6.07) is 6.74. The van der Waals surface area contributed by atoms with Gasteiger partial charge in [-0.25, -0.2) is 4.39 Å². The van der Waals surface area contributed by atoms with Gasteiger partial charge >= 0.3 is 0 Å². The highest BCUT2D eigenvalue weighted by atomic mass is 35.5. The predicted octanol–water partition coefficient (Wildman–Crippen LogP) is 6.13. The van der Waals surface area contributed by atoms with Gasteiger partial charge in [-0.15, -0.1) is 11.3 Å². The SMILES string of the molecule is CCCNC(Cc1ccc(Cl)c(F)c1)c1cc(Cl)sc1Cl. The van der Waals surface area contributed by atoms with Crippen molar-refractivity contribution in [2.24, 2.45) is 0 Å². The Morgan fingerprint density at radius 3 is 2.57 bits per heavy atom. The monoisotopic (exact) mass is 365 g/mol. The van der Waals surface area contributed by atoms with Crippen molar-refractivity contribution in [3.05, 3.63) is 54.9 Å². The minimum absolute atomic E-state index is 0.00164. The molecule has 2 rings (SSSR count). The van der Waals surface area contributed by atoms with Gasteiger partial charge in [0.25, 0.3) is 0 Å². The molecule has 1 unspecified atom stereocenters. The number of nitrogens with one attached hydrogen (secondary N) is 1. The highest BCUT2D eigenvalue weighted by molar-refractivity contribution is 7.20. The normalized spacial score (nSPS) is 12.6. The summed E-state index contributed by atoms with van der Waals surface area (Å²) in [5.41, 5.74) is 1.82. The molecule has 0 fully saturated rings. The van der Waals surface area contributed by atoms with E-state index < -0.39 is 5.82 Å². The first-order valence-electron chi connectivity index (χ1n) is 6.63. The maximum atomic E-state index is 13.6. The molecular weight excluding hydrogens is 352 g/mol. The zero-order chi connectivity index (χ0) is 15.4. The molecule has 2 aromatic rings. The summed E-state index contributed by atoms with van der Waals surface area (Å²) in [5.74, 6) is -0.405. The summed E-state index contributed by atoms with van der Waals surface area (Å²) < 4.78 is 14.9. The number of hydrogen-bond donors (Lipinski definition) is 1. The molecule has 0 bridgehead atoms. The van der Waals surface area contributed by atoms with Crippen molar-refractivity contribution in [2.75, 3.05) is 6.54 Å². The van der Waals surface area contributed by atoms with E-state index in [2.05, 4.69) is 12.2 Å². The lowest BCUT2D eigenvalue weighted by molar-refractivity contribution is 0.528. The molecule has 6 heteroatoms. The Balaban J connectivity index is 2.23. The zero-order valence-electron chi connectivity index (χ0n) is 11.4. The third-order valence-electron chi connectivity index (χ3n) is 3.12. The Labute approximate surface area is 143 Å². The van der Waals surface area contributed by atoms with Gasteiger partial charge in [0, 0.05) is 11.6 Å². The van der Waals surface area contributed by atoms with Crippen molar-refractivity contribution in [3.8, 4) is 0 Å². The molecule has 0 aliphatic heterocycles. The highest BCUT2D eigenvalue weighted by Crippen LogP contribution is 2.36. The molecule has 0 saturated heterocycles. The van der Waals surface area contributed by atoms with Crippen LogP contribution < -0.4 is 5.32 Å². The van der Waals surface area contributed by atoms with Crippen molar-refractivity contribution >= 4 is 46.1 Å². The number of halogens is 4. The van der Waals surface area contributed by atoms with Gasteiger partial charge in [-0.2, -0.15) is 0 Å². The van der Waals surface area contributed by atoms with Gasteiger partial charge < -0.3 is 5.32 Å². The number of hydrogen-bond acceptors (Lipinski definition) is 2. The van der Waals surface area contributed by atoms with Gasteiger partial charge in [-0.1, -0.05) is 47.8 Å². The molecule has 1 atom stereocenters. The van der Waals surface area contributed by atoms with E-state index in [0.717, 1.165) is 24.1 Å². The van der Waals surface area contributed by atoms with E-state index in [1.165, 1.54) is 17.4 Å². The average Bonchev–Trinajstić information content (AvgIpc) is 2.77. The second kappa shape index (κ2) is 7.80. The van der Waals surface area contributed by atoms with Crippen LogP contribution in [0, 0.1) is 5.82 Å². The van der Waals surface area contributed by atoms with Gasteiger partial charge in [0.2, 0.25) is 0 Å². The lowest BCUT2D eigenvalue weighted by atomic mass is 10.0. The van der Waals surface area contributed by atoms with Crippen LogP contribution in [0.25, 0.3) is 0 Å². The molecule has 0 aliphatic rings. The van der Waals surface area contributed by atoms with Gasteiger partial charge in [0.1, 0.15) is 5.82 Å². The highest BCUT2D eigenvalue weighted by Gasteiger charge is 2.18. The van der Waals surface area contributed by atoms with Gasteiger partial charge in [0.15, 0.2) is 0 Å². The van der Waals surface area contributed by atoms with Crippen LogP contribution in [0.2, 0.25) is 13.7 Å². The van der Waals surface area contributed by atoms with Crippen LogP contribution >= 0.6 is 46.1 Å². The molecule has 0 saturated carbocycles. The molecule has 0 spiro atoms. The summed E-state index contributed by atoms with van der Waals surface area (Å²) in [5, 5.41) is 3.56. The minimum Gasteiger partial charge on any atom is -0.310 e. The fraction of sp³-hybridized carbons (Fsp3) is 0.333. The largest absolute Gasteiger partial charge is 0.310 e.